The van der Waals surface area contributed by atoms with Crippen molar-refractivity contribution in [1.82, 2.24) is 4.98 Å². The van der Waals surface area contributed by atoms with E-state index in [2.05, 4.69) is 25.8 Å². The summed E-state index contributed by atoms with van der Waals surface area (Å²) in [7, 11) is 0. The van der Waals surface area contributed by atoms with Gasteiger partial charge in [0.2, 0.25) is 0 Å². The Morgan fingerprint density at radius 3 is 2.22 bits per heavy atom. The van der Waals surface area contributed by atoms with Gasteiger partial charge in [-0.2, -0.15) is 0 Å². The molecule has 0 atom stereocenters. The summed E-state index contributed by atoms with van der Waals surface area (Å²) in [6, 6.07) is 15.6. The van der Waals surface area contributed by atoms with E-state index in [0.717, 1.165) is 5.56 Å². The van der Waals surface area contributed by atoms with Gasteiger partial charge < -0.3 is 4.98 Å². The normalized spacial score (nSPS) is 13.2. The number of nitrogens with one attached hydrogen (secondary N) is 1. The molecule has 0 aliphatic heterocycles. The van der Waals surface area contributed by atoms with Crippen molar-refractivity contribution in [2.75, 3.05) is 0 Å². The monoisotopic (exact) mass is 377 g/mol. The number of thiazole rings is 1. The second-order valence-corrected chi connectivity index (χ2v) is 8.76. The minimum Gasteiger partial charge on any atom is -0.313 e. The first-order valence-electron chi connectivity index (χ1n) is 8.86. The molecular formula is C23H23NO2S. The number of aromatic nitrogens is 1. The van der Waals surface area contributed by atoms with Gasteiger partial charge in [0.25, 0.3) is 5.56 Å². The van der Waals surface area contributed by atoms with Crippen molar-refractivity contribution in [3.05, 3.63) is 90.3 Å². The lowest BCUT2D eigenvalue weighted by Gasteiger charge is -2.18. The first-order chi connectivity index (χ1) is 12.7. The Morgan fingerprint density at radius 2 is 1.63 bits per heavy atom. The maximum Gasteiger partial charge on any atom is 0.266 e. The van der Waals surface area contributed by atoms with Gasteiger partial charge in [0.05, 0.1) is 9.20 Å². The highest BCUT2D eigenvalue weighted by Crippen LogP contribution is 2.22. The van der Waals surface area contributed by atoms with E-state index in [9.17, 15) is 9.59 Å². The Kier molecular flexibility index (Phi) is 5.29. The minimum absolute atomic E-state index is 0.0466. The smallest absolute Gasteiger partial charge is 0.266 e. The van der Waals surface area contributed by atoms with Gasteiger partial charge in [0.15, 0.2) is 5.78 Å². The van der Waals surface area contributed by atoms with Crippen LogP contribution in [0.5, 0.6) is 0 Å². The lowest BCUT2D eigenvalue weighted by atomic mass is 9.86. The summed E-state index contributed by atoms with van der Waals surface area (Å²) >= 11 is 1.29. The summed E-state index contributed by atoms with van der Waals surface area (Å²) in [5.74, 6) is -0.116. The lowest BCUT2D eigenvalue weighted by molar-refractivity contribution is 0.106. The fraction of sp³-hybridized carbons (Fsp3) is 0.217. The second kappa shape index (κ2) is 7.49. The van der Waals surface area contributed by atoms with Crippen molar-refractivity contribution in [2.45, 2.75) is 33.1 Å². The third-order valence-corrected chi connectivity index (χ3v) is 5.32. The van der Waals surface area contributed by atoms with E-state index in [1.54, 1.807) is 0 Å². The van der Waals surface area contributed by atoms with E-state index < -0.39 is 0 Å². The largest absolute Gasteiger partial charge is 0.313 e. The molecule has 0 aliphatic carbocycles. The van der Waals surface area contributed by atoms with Crippen LogP contribution in [-0.4, -0.2) is 10.8 Å². The zero-order valence-electron chi connectivity index (χ0n) is 16.0. The maximum absolute atomic E-state index is 12.5. The number of aromatic amines is 1. The first-order valence-corrected chi connectivity index (χ1v) is 9.68. The molecule has 0 radical (unpaired) electrons. The number of H-pyrrole nitrogens is 1. The predicted molar refractivity (Wildman–Crippen MR) is 113 cm³/mol. The lowest BCUT2D eigenvalue weighted by Crippen LogP contribution is -2.20. The van der Waals surface area contributed by atoms with Gasteiger partial charge in [-0.25, -0.2) is 0 Å². The van der Waals surface area contributed by atoms with Crippen molar-refractivity contribution in [2.24, 2.45) is 0 Å². The molecule has 1 heterocycles. The van der Waals surface area contributed by atoms with Crippen molar-refractivity contribution in [1.29, 1.82) is 0 Å². The highest BCUT2D eigenvalue weighted by molar-refractivity contribution is 7.07. The van der Waals surface area contributed by atoms with E-state index >= 15 is 0 Å². The summed E-state index contributed by atoms with van der Waals surface area (Å²) in [6.07, 6.45) is 3.33. The third-order valence-electron chi connectivity index (χ3n) is 4.35. The summed E-state index contributed by atoms with van der Waals surface area (Å²) in [5, 5.41) is 0. The maximum atomic E-state index is 12.5. The molecule has 1 aromatic heterocycles. The highest BCUT2D eigenvalue weighted by atomic mass is 32.1. The molecule has 0 aliphatic rings. The Labute approximate surface area is 162 Å². The molecule has 0 fully saturated rings. The Bertz CT molecular complexity index is 1130. The number of benzene rings is 2. The molecule has 3 nitrogen and oxygen atoms in total. The highest BCUT2D eigenvalue weighted by Gasteiger charge is 2.13. The van der Waals surface area contributed by atoms with Crippen LogP contribution < -0.4 is 14.8 Å². The van der Waals surface area contributed by atoms with Crippen LogP contribution in [0, 0.1) is 6.92 Å². The third kappa shape index (κ3) is 4.72. The van der Waals surface area contributed by atoms with E-state index in [0.29, 0.717) is 14.8 Å². The fourth-order valence-corrected chi connectivity index (χ4v) is 3.56. The molecule has 138 valence electrons. The van der Waals surface area contributed by atoms with Gasteiger partial charge in [-0.15, -0.1) is 11.3 Å². The average molecular weight is 378 g/mol. The van der Waals surface area contributed by atoms with E-state index in [1.165, 1.54) is 28.5 Å². The van der Waals surface area contributed by atoms with Crippen molar-refractivity contribution < 1.29 is 4.79 Å². The summed E-state index contributed by atoms with van der Waals surface area (Å²) < 4.78 is 1.14. The number of hydrogen-bond acceptors (Lipinski definition) is 3. The van der Waals surface area contributed by atoms with Gasteiger partial charge in [-0.05, 0) is 29.5 Å². The van der Waals surface area contributed by atoms with Gasteiger partial charge in [-0.3, -0.25) is 9.59 Å². The summed E-state index contributed by atoms with van der Waals surface area (Å²) in [6.45, 7) is 8.43. The van der Waals surface area contributed by atoms with Gasteiger partial charge in [0.1, 0.15) is 0 Å². The second-order valence-electron chi connectivity index (χ2n) is 7.68. The number of hydrogen-bond donors (Lipinski definition) is 1. The van der Waals surface area contributed by atoms with Crippen molar-refractivity contribution in [3.8, 4) is 0 Å². The van der Waals surface area contributed by atoms with Crippen LogP contribution >= 0.6 is 11.3 Å². The Hall–Kier alpha value is -2.72. The molecule has 0 saturated heterocycles. The number of Topliss-reactive ketones (excluding diaryl/α,β-unsaturated/α-hetero) is 1. The summed E-state index contributed by atoms with van der Waals surface area (Å²) in [5.41, 5.74) is 3.79. The number of carbonyl (C=O) groups is 1. The van der Waals surface area contributed by atoms with E-state index in [-0.39, 0.29) is 16.8 Å². The van der Waals surface area contributed by atoms with Crippen molar-refractivity contribution >= 4 is 29.3 Å². The molecule has 0 unspecified atom stereocenters. The first kappa shape index (κ1) is 19.1. The molecule has 0 saturated carbocycles. The predicted octanol–water partition coefficient (Wildman–Crippen LogP) is 3.53. The van der Waals surface area contributed by atoms with Crippen LogP contribution in [0.4, 0.5) is 0 Å². The van der Waals surface area contributed by atoms with Gasteiger partial charge in [0, 0.05) is 11.6 Å². The molecule has 0 bridgehead atoms. The van der Waals surface area contributed by atoms with Gasteiger partial charge in [-0.1, -0.05) is 74.9 Å². The quantitative estimate of drug-likeness (QED) is 0.710. The van der Waals surface area contributed by atoms with E-state index in [4.69, 9.17) is 0 Å². The minimum atomic E-state index is -0.178. The number of ketones is 1. The topological polar surface area (TPSA) is 49.9 Å². The summed E-state index contributed by atoms with van der Waals surface area (Å²) in [4.78, 5) is 27.5. The zero-order chi connectivity index (χ0) is 19.6. The van der Waals surface area contributed by atoms with Crippen LogP contribution in [-0.2, 0) is 5.41 Å². The zero-order valence-corrected chi connectivity index (χ0v) is 16.8. The van der Waals surface area contributed by atoms with Crippen molar-refractivity contribution in [3.63, 3.8) is 0 Å². The standard InChI is InChI=1S/C23H23NO2S/c1-15-5-7-16(8-6-15)13-20-22(26)24-21(27-20)14-19(25)17-9-11-18(12-10-17)23(2,3)4/h5-14H,1-4H3,(H,24,26)/b20-13-,21-14-. The fourth-order valence-electron chi connectivity index (χ4n) is 2.68. The number of carbonyl (C=O) groups excluding carboxylic acids is 1. The molecule has 0 spiro atoms. The molecule has 3 rings (SSSR count). The van der Waals surface area contributed by atoms with Crippen LogP contribution in [0.2, 0.25) is 0 Å². The number of aryl methyl sites for hydroxylation is 1. The van der Waals surface area contributed by atoms with Crippen LogP contribution in [0.15, 0.2) is 53.3 Å². The SMILES string of the molecule is Cc1ccc(/C=c2\s/c(=C\C(=O)c3ccc(C(C)(C)C)cc3)[nH]c2=O)cc1. The van der Waals surface area contributed by atoms with Crippen LogP contribution in [0.1, 0.15) is 47.8 Å². The molecule has 4 heteroatoms. The molecule has 2 aromatic carbocycles. The molecular weight excluding hydrogens is 354 g/mol. The van der Waals surface area contributed by atoms with Crippen LogP contribution in [0.3, 0.4) is 0 Å². The Balaban J connectivity index is 1.90. The average Bonchev–Trinajstić information content (AvgIpc) is 2.95. The molecule has 1 N–H and O–H groups in total. The molecule has 27 heavy (non-hydrogen) atoms. The van der Waals surface area contributed by atoms with Gasteiger partial charge >= 0.3 is 0 Å². The van der Waals surface area contributed by atoms with E-state index in [1.807, 2.05) is 61.5 Å². The molecule has 3 aromatic rings. The Morgan fingerprint density at radius 1 is 1.00 bits per heavy atom. The van der Waals surface area contributed by atoms with Crippen LogP contribution in [0.25, 0.3) is 12.2 Å². The number of rotatable bonds is 3. The molecule has 0 amide bonds.